The van der Waals surface area contributed by atoms with Crippen molar-refractivity contribution in [2.24, 2.45) is 0 Å². The summed E-state index contributed by atoms with van der Waals surface area (Å²) in [7, 11) is 0. The van der Waals surface area contributed by atoms with Gasteiger partial charge in [0, 0.05) is 21.0 Å². The molecule has 0 N–H and O–H groups in total. The van der Waals surface area contributed by atoms with Gasteiger partial charge in [-0.25, -0.2) is 0 Å². The van der Waals surface area contributed by atoms with Crippen LogP contribution < -0.4 is 0 Å². The third-order valence-electron chi connectivity index (χ3n) is 2.11. The Morgan fingerprint density at radius 1 is 1.38 bits per heavy atom. The zero-order chi connectivity index (χ0) is 9.42. The summed E-state index contributed by atoms with van der Waals surface area (Å²) in [6, 6.07) is 6.22. The number of thiophene rings is 1. The minimum atomic E-state index is 0.150. The van der Waals surface area contributed by atoms with Crippen LogP contribution in [0.4, 0.5) is 0 Å². The Labute approximate surface area is 81.0 Å². The molecule has 1 heterocycles. The second-order valence-corrected chi connectivity index (χ2v) is 4.12. The Balaban J connectivity index is 2.79. The van der Waals surface area contributed by atoms with Crippen molar-refractivity contribution in [3.63, 3.8) is 0 Å². The molecule has 0 bridgehead atoms. The molecule has 0 aliphatic heterocycles. The molecule has 66 valence electrons. The van der Waals surface area contributed by atoms with E-state index in [-0.39, 0.29) is 5.78 Å². The molecule has 0 fully saturated rings. The molecule has 0 atom stereocenters. The number of rotatable bonds is 1. The van der Waals surface area contributed by atoms with Gasteiger partial charge >= 0.3 is 0 Å². The van der Waals surface area contributed by atoms with Crippen LogP contribution in [0.25, 0.3) is 10.1 Å². The van der Waals surface area contributed by atoms with Crippen LogP contribution in [-0.2, 0) is 0 Å². The molecular formula is C11H10OS. The van der Waals surface area contributed by atoms with Gasteiger partial charge in [0.15, 0.2) is 5.78 Å². The smallest absolute Gasteiger partial charge is 0.161 e. The molecule has 0 aliphatic carbocycles. The standard InChI is InChI=1S/C11H10OS/c1-7-3-4-11-9(5-7)10(6-13-11)8(2)12/h3-6H,1-2H3. The first-order valence-corrected chi connectivity index (χ1v) is 5.05. The Bertz CT molecular complexity index is 468. The van der Waals surface area contributed by atoms with Crippen LogP contribution in [0.1, 0.15) is 22.8 Å². The number of fused-ring (bicyclic) bond motifs is 1. The average Bonchev–Trinajstić information content (AvgIpc) is 2.46. The van der Waals surface area contributed by atoms with Gasteiger partial charge in [-0.2, -0.15) is 0 Å². The molecule has 0 radical (unpaired) electrons. The van der Waals surface area contributed by atoms with Crippen LogP contribution in [-0.4, -0.2) is 5.78 Å². The number of Topliss-reactive ketones (excluding diaryl/α,β-unsaturated/α-hetero) is 1. The lowest BCUT2D eigenvalue weighted by Crippen LogP contribution is -1.88. The third kappa shape index (κ3) is 1.38. The van der Waals surface area contributed by atoms with Crippen LogP contribution >= 0.6 is 11.3 Å². The maximum absolute atomic E-state index is 11.2. The molecule has 0 aliphatic rings. The van der Waals surface area contributed by atoms with E-state index in [4.69, 9.17) is 0 Å². The Morgan fingerprint density at radius 3 is 2.85 bits per heavy atom. The van der Waals surface area contributed by atoms with Crippen molar-refractivity contribution in [1.82, 2.24) is 0 Å². The van der Waals surface area contributed by atoms with Crippen LogP contribution in [0.2, 0.25) is 0 Å². The molecule has 0 unspecified atom stereocenters. The van der Waals surface area contributed by atoms with Gasteiger partial charge in [-0.05, 0) is 26.0 Å². The average molecular weight is 190 g/mol. The summed E-state index contributed by atoms with van der Waals surface area (Å²) in [5.74, 6) is 0.150. The van der Waals surface area contributed by atoms with E-state index in [1.54, 1.807) is 18.3 Å². The first-order valence-electron chi connectivity index (χ1n) is 4.17. The number of carbonyl (C=O) groups excluding carboxylic acids is 1. The highest BCUT2D eigenvalue weighted by Crippen LogP contribution is 2.26. The van der Waals surface area contributed by atoms with Crippen LogP contribution in [0.3, 0.4) is 0 Å². The van der Waals surface area contributed by atoms with Crippen molar-refractivity contribution in [1.29, 1.82) is 0 Å². The fourth-order valence-corrected chi connectivity index (χ4v) is 2.40. The minimum Gasteiger partial charge on any atom is -0.294 e. The number of hydrogen-bond donors (Lipinski definition) is 0. The van der Waals surface area contributed by atoms with Gasteiger partial charge in [0.25, 0.3) is 0 Å². The molecule has 1 nitrogen and oxygen atoms in total. The number of hydrogen-bond acceptors (Lipinski definition) is 2. The molecule has 13 heavy (non-hydrogen) atoms. The summed E-state index contributed by atoms with van der Waals surface area (Å²) in [6.45, 7) is 3.66. The van der Waals surface area contributed by atoms with Crippen LogP contribution in [0.5, 0.6) is 0 Å². The molecule has 2 aromatic rings. The largest absolute Gasteiger partial charge is 0.294 e. The highest BCUT2D eigenvalue weighted by Gasteiger charge is 2.07. The summed E-state index contributed by atoms with van der Waals surface area (Å²) in [4.78, 5) is 11.2. The van der Waals surface area contributed by atoms with E-state index in [0.29, 0.717) is 0 Å². The van der Waals surface area contributed by atoms with Gasteiger partial charge in [-0.15, -0.1) is 11.3 Å². The van der Waals surface area contributed by atoms with E-state index in [2.05, 4.69) is 18.2 Å². The normalized spacial score (nSPS) is 10.6. The Kier molecular flexibility index (Phi) is 1.93. The summed E-state index contributed by atoms with van der Waals surface area (Å²) in [5.41, 5.74) is 2.05. The van der Waals surface area contributed by atoms with E-state index in [1.807, 2.05) is 12.3 Å². The summed E-state index contributed by atoms with van der Waals surface area (Å²) >= 11 is 1.63. The zero-order valence-corrected chi connectivity index (χ0v) is 8.44. The topological polar surface area (TPSA) is 17.1 Å². The molecule has 0 spiro atoms. The minimum absolute atomic E-state index is 0.150. The van der Waals surface area contributed by atoms with Crippen LogP contribution in [0.15, 0.2) is 23.6 Å². The SMILES string of the molecule is CC(=O)c1csc2ccc(C)cc12. The van der Waals surface area contributed by atoms with Crippen molar-refractivity contribution < 1.29 is 4.79 Å². The second-order valence-electron chi connectivity index (χ2n) is 3.21. The molecule has 0 saturated heterocycles. The van der Waals surface area contributed by atoms with E-state index in [9.17, 15) is 4.79 Å². The van der Waals surface area contributed by atoms with Crippen molar-refractivity contribution in [2.75, 3.05) is 0 Å². The molecule has 0 saturated carbocycles. The van der Waals surface area contributed by atoms with Gasteiger partial charge < -0.3 is 0 Å². The first kappa shape index (κ1) is 8.45. The summed E-state index contributed by atoms with van der Waals surface area (Å²) < 4.78 is 1.19. The van der Waals surface area contributed by atoms with Gasteiger partial charge in [0.05, 0.1) is 0 Å². The second kappa shape index (κ2) is 2.96. The van der Waals surface area contributed by atoms with Gasteiger partial charge in [0.2, 0.25) is 0 Å². The maximum atomic E-state index is 11.2. The van der Waals surface area contributed by atoms with E-state index in [1.165, 1.54) is 10.3 Å². The third-order valence-corrected chi connectivity index (χ3v) is 3.07. The lowest BCUT2D eigenvalue weighted by atomic mass is 10.1. The van der Waals surface area contributed by atoms with Gasteiger partial charge in [-0.1, -0.05) is 11.6 Å². The molecular weight excluding hydrogens is 180 g/mol. The van der Waals surface area contributed by atoms with Crippen molar-refractivity contribution in [3.8, 4) is 0 Å². The van der Waals surface area contributed by atoms with Crippen molar-refractivity contribution >= 4 is 27.2 Å². The monoisotopic (exact) mass is 190 g/mol. The zero-order valence-electron chi connectivity index (χ0n) is 7.63. The number of carbonyl (C=O) groups is 1. The van der Waals surface area contributed by atoms with Gasteiger partial charge in [-0.3, -0.25) is 4.79 Å². The van der Waals surface area contributed by atoms with E-state index >= 15 is 0 Å². The fourth-order valence-electron chi connectivity index (χ4n) is 1.42. The molecule has 1 aromatic heterocycles. The lowest BCUT2D eigenvalue weighted by Gasteiger charge is -1.94. The fraction of sp³-hybridized carbons (Fsp3) is 0.182. The lowest BCUT2D eigenvalue weighted by molar-refractivity contribution is 0.101. The highest BCUT2D eigenvalue weighted by molar-refractivity contribution is 7.17. The molecule has 0 amide bonds. The summed E-state index contributed by atoms with van der Waals surface area (Å²) in [6.07, 6.45) is 0. The maximum Gasteiger partial charge on any atom is 0.161 e. The number of aryl methyl sites for hydroxylation is 1. The first-order chi connectivity index (χ1) is 6.18. The quantitative estimate of drug-likeness (QED) is 0.630. The Morgan fingerprint density at radius 2 is 2.15 bits per heavy atom. The van der Waals surface area contributed by atoms with Crippen LogP contribution in [0, 0.1) is 6.92 Å². The van der Waals surface area contributed by atoms with Crippen molar-refractivity contribution in [3.05, 3.63) is 34.7 Å². The van der Waals surface area contributed by atoms with Crippen molar-refractivity contribution in [2.45, 2.75) is 13.8 Å². The molecule has 1 aromatic carbocycles. The van der Waals surface area contributed by atoms with E-state index in [0.717, 1.165) is 10.9 Å². The van der Waals surface area contributed by atoms with E-state index < -0.39 is 0 Å². The van der Waals surface area contributed by atoms with Gasteiger partial charge in [0.1, 0.15) is 0 Å². The predicted octanol–water partition coefficient (Wildman–Crippen LogP) is 3.41. The highest BCUT2D eigenvalue weighted by atomic mass is 32.1. The molecule has 2 heteroatoms. The summed E-state index contributed by atoms with van der Waals surface area (Å²) in [5, 5.41) is 3.03. The predicted molar refractivity (Wildman–Crippen MR) is 56.6 cm³/mol. The number of ketones is 1. The molecule has 2 rings (SSSR count). The number of benzene rings is 1. The Hall–Kier alpha value is -1.15.